The van der Waals surface area contributed by atoms with Gasteiger partial charge in [0.15, 0.2) is 0 Å². The molecule has 0 aromatic heterocycles. The van der Waals surface area contributed by atoms with Crippen molar-refractivity contribution < 1.29 is 13.5 Å². The van der Waals surface area contributed by atoms with Crippen molar-refractivity contribution in [1.82, 2.24) is 0 Å². The third-order valence-corrected chi connectivity index (χ3v) is 2.65. The topological polar surface area (TPSA) is 35.2 Å². The Morgan fingerprint density at radius 1 is 1.38 bits per heavy atom. The van der Waals surface area contributed by atoms with Crippen LogP contribution in [0.3, 0.4) is 0 Å². The smallest absolute Gasteiger partial charge is 0.126 e. The number of hydrogen-bond acceptors (Lipinski definition) is 2. The minimum absolute atomic E-state index is 0.136. The number of hydrogen-bond donors (Lipinski definition) is 1. The van der Waals surface area contributed by atoms with E-state index in [0.717, 1.165) is 18.6 Å². The van der Waals surface area contributed by atoms with Crippen molar-refractivity contribution in [3.8, 4) is 0 Å². The Morgan fingerprint density at radius 2 is 2.06 bits per heavy atom. The Bertz CT molecular complexity index is 340. The Morgan fingerprint density at radius 3 is 2.62 bits per heavy atom. The van der Waals surface area contributed by atoms with Gasteiger partial charge in [0.2, 0.25) is 0 Å². The van der Waals surface area contributed by atoms with Crippen LogP contribution >= 0.6 is 0 Å². The number of benzene rings is 1. The van der Waals surface area contributed by atoms with Gasteiger partial charge in [-0.3, -0.25) is 0 Å². The molecule has 0 fully saturated rings. The fraction of sp³-hybridized carbons (Fsp3) is 0.500. The van der Waals surface area contributed by atoms with Gasteiger partial charge in [-0.1, -0.05) is 6.92 Å². The molecule has 2 unspecified atom stereocenters. The first-order valence-electron chi connectivity index (χ1n) is 5.30. The largest absolute Gasteiger partial charge is 0.380 e. The zero-order chi connectivity index (χ0) is 12.1. The lowest BCUT2D eigenvalue weighted by Gasteiger charge is -2.21. The summed E-state index contributed by atoms with van der Waals surface area (Å²) in [7, 11) is 1.57. The minimum atomic E-state index is -0.450. The van der Waals surface area contributed by atoms with Gasteiger partial charge in [0.05, 0.1) is 6.10 Å². The predicted octanol–water partition coefficient (Wildman–Crippen LogP) is 2.26. The van der Waals surface area contributed by atoms with Crippen molar-refractivity contribution in [2.24, 2.45) is 5.73 Å². The number of halogens is 2. The normalized spacial score (nSPS) is 14.8. The molecule has 0 aliphatic rings. The molecule has 2 nitrogen and oxygen atoms in total. The van der Waals surface area contributed by atoms with Gasteiger partial charge in [-0.2, -0.15) is 0 Å². The van der Waals surface area contributed by atoms with Crippen LogP contribution in [0.1, 0.15) is 18.9 Å². The van der Waals surface area contributed by atoms with Crippen molar-refractivity contribution in [3.63, 3.8) is 0 Å². The first kappa shape index (κ1) is 13.1. The summed E-state index contributed by atoms with van der Waals surface area (Å²) in [5.74, 6) is -0.878. The molecular formula is C12H17F2NO. The monoisotopic (exact) mass is 229 g/mol. The van der Waals surface area contributed by atoms with Crippen molar-refractivity contribution in [1.29, 1.82) is 0 Å². The third-order valence-electron chi connectivity index (χ3n) is 2.65. The van der Waals surface area contributed by atoms with E-state index in [1.807, 2.05) is 6.92 Å². The van der Waals surface area contributed by atoms with Crippen LogP contribution < -0.4 is 5.73 Å². The molecule has 0 aliphatic carbocycles. The van der Waals surface area contributed by atoms with E-state index in [4.69, 9.17) is 10.5 Å². The standard InChI is InChI=1S/C12H17F2NO/c1-3-12(16-2)11(15)7-8-6-9(13)4-5-10(8)14/h4-6,11-12H,3,7,15H2,1-2H3. The Kier molecular flexibility index (Phi) is 4.83. The molecule has 0 saturated heterocycles. The van der Waals surface area contributed by atoms with Crippen LogP contribution in [0.25, 0.3) is 0 Å². The molecule has 0 bridgehead atoms. The second kappa shape index (κ2) is 5.92. The van der Waals surface area contributed by atoms with Crippen molar-refractivity contribution in [3.05, 3.63) is 35.4 Å². The number of methoxy groups -OCH3 is 1. The molecule has 90 valence electrons. The molecule has 0 saturated carbocycles. The molecule has 0 heterocycles. The highest BCUT2D eigenvalue weighted by Gasteiger charge is 2.17. The lowest BCUT2D eigenvalue weighted by molar-refractivity contribution is 0.0770. The van der Waals surface area contributed by atoms with Gasteiger partial charge in [0.25, 0.3) is 0 Å². The molecule has 4 heteroatoms. The van der Waals surface area contributed by atoms with E-state index in [9.17, 15) is 8.78 Å². The van der Waals surface area contributed by atoms with E-state index in [1.54, 1.807) is 7.11 Å². The maximum Gasteiger partial charge on any atom is 0.126 e. The molecule has 1 rings (SSSR count). The SMILES string of the molecule is CCC(OC)C(N)Cc1cc(F)ccc1F. The predicted molar refractivity (Wildman–Crippen MR) is 59.1 cm³/mol. The zero-order valence-corrected chi connectivity index (χ0v) is 9.54. The van der Waals surface area contributed by atoms with Crippen LogP contribution in [-0.2, 0) is 11.2 Å². The summed E-state index contributed by atoms with van der Waals surface area (Å²) >= 11 is 0. The summed E-state index contributed by atoms with van der Waals surface area (Å²) in [5, 5.41) is 0. The summed E-state index contributed by atoms with van der Waals surface area (Å²) in [5.41, 5.74) is 6.17. The van der Waals surface area contributed by atoms with Crippen molar-refractivity contribution >= 4 is 0 Å². The highest BCUT2D eigenvalue weighted by atomic mass is 19.1. The number of rotatable bonds is 5. The van der Waals surface area contributed by atoms with Gasteiger partial charge in [0, 0.05) is 13.2 Å². The van der Waals surface area contributed by atoms with Crippen LogP contribution in [0, 0.1) is 11.6 Å². The van der Waals surface area contributed by atoms with Gasteiger partial charge >= 0.3 is 0 Å². The van der Waals surface area contributed by atoms with Gasteiger partial charge in [0.1, 0.15) is 11.6 Å². The van der Waals surface area contributed by atoms with E-state index < -0.39 is 11.6 Å². The summed E-state index contributed by atoms with van der Waals surface area (Å²) < 4.78 is 31.4. The fourth-order valence-electron chi connectivity index (χ4n) is 1.73. The average Bonchev–Trinajstić information content (AvgIpc) is 2.25. The molecule has 16 heavy (non-hydrogen) atoms. The van der Waals surface area contributed by atoms with Crippen LogP contribution in [0.4, 0.5) is 8.78 Å². The lowest BCUT2D eigenvalue weighted by atomic mass is 10.00. The molecule has 2 atom stereocenters. The fourth-order valence-corrected chi connectivity index (χ4v) is 1.73. The second-order valence-corrected chi connectivity index (χ2v) is 3.79. The van der Waals surface area contributed by atoms with Crippen LogP contribution in [0.15, 0.2) is 18.2 Å². The third kappa shape index (κ3) is 3.25. The van der Waals surface area contributed by atoms with Gasteiger partial charge < -0.3 is 10.5 Å². The quantitative estimate of drug-likeness (QED) is 0.840. The summed E-state index contributed by atoms with van der Waals surface area (Å²) in [4.78, 5) is 0. The highest BCUT2D eigenvalue weighted by Crippen LogP contribution is 2.14. The van der Waals surface area contributed by atoms with Crippen molar-refractivity contribution in [2.45, 2.75) is 31.9 Å². The Balaban J connectivity index is 2.75. The van der Waals surface area contributed by atoms with Crippen LogP contribution in [0.2, 0.25) is 0 Å². The van der Waals surface area contributed by atoms with E-state index >= 15 is 0 Å². The molecule has 2 N–H and O–H groups in total. The van der Waals surface area contributed by atoms with Crippen molar-refractivity contribution in [2.75, 3.05) is 7.11 Å². The van der Waals surface area contributed by atoms with Crippen LogP contribution in [0.5, 0.6) is 0 Å². The lowest BCUT2D eigenvalue weighted by Crippen LogP contribution is -2.37. The van der Waals surface area contributed by atoms with E-state index in [2.05, 4.69) is 0 Å². The molecule has 0 aliphatic heterocycles. The summed E-state index contributed by atoms with van der Waals surface area (Å²) in [6, 6.07) is 3.06. The maximum absolute atomic E-state index is 13.3. The first-order valence-corrected chi connectivity index (χ1v) is 5.30. The number of ether oxygens (including phenoxy) is 1. The van der Waals surface area contributed by atoms with Crippen LogP contribution in [-0.4, -0.2) is 19.3 Å². The molecule has 0 radical (unpaired) electrons. The summed E-state index contributed by atoms with van der Waals surface area (Å²) in [6.07, 6.45) is 0.882. The maximum atomic E-state index is 13.3. The average molecular weight is 229 g/mol. The van der Waals surface area contributed by atoms with Gasteiger partial charge in [-0.05, 0) is 36.6 Å². The van der Waals surface area contributed by atoms with E-state index in [1.165, 1.54) is 6.07 Å². The Labute approximate surface area is 94.4 Å². The highest BCUT2D eigenvalue weighted by molar-refractivity contribution is 5.20. The van der Waals surface area contributed by atoms with E-state index in [-0.39, 0.29) is 18.6 Å². The summed E-state index contributed by atoms with van der Waals surface area (Å²) in [6.45, 7) is 1.94. The Hall–Kier alpha value is -1.00. The minimum Gasteiger partial charge on any atom is -0.380 e. The molecule has 0 spiro atoms. The molecular weight excluding hydrogens is 212 g/mol. The molecule has 1 aromatic rings. The molecule has 0 amide bonds. The number of nitrogens with two attached hydrogens (primary N) is 1. The van der Waals surface area contributed by atoms with Gasteiger partial charge in [-0.15, -0.1) is 0 Å². The second-order valence-electron chi connectivity index (χ2n) is 3.79. The van der Waals surface area contributed by atoms with Gasteiger partial charge in [-0.25, -0.2) is 8.78 Å². The first-order chi connectivity index (χ1) is 7.58. The zero-order valence-electron chi connectivity index (χ0n) is 9.54. The molecule has 1 aromatic carbocycles. The van der Waals surface area contributed by atoms with E-state index in [0.29, 0.717) is 5.56 Å².